The first-order valence-corrected chi connectivity index (χ1v) is 6.42. The first kappa shape index (κ1) is 14.8. The molecule has 0 saturated heterocycles. The van der Waals surface area contributed by atoms with Crippen LogP contribution < -0.4 is 4.74 Å². The molecule has 0 aliphatic carbocycles. The molecular formula is C14H19ClN2O. The number of hydrogen-bond donors (Lipinski definition) is 0. The Morgan fingerprint density at radius 1 is 1.50 bits per heavy atom. The minimum Gasteiger partial charge on any atom is -0.495 e. The van der Waals surface area contributed by atoms with E-state index in [2.05, 4.69) is 17.9 Å². The van der Waals surface area contributed by atoms with Crippen LogP contribution >= 0.6 is 11.6 Å². The molecule has 3 nitrogen and oxygen atoms in total. The molecule has 1 aromatic carbocycles. The molecule has 0 saturated carbocycles. The van der Waals surface area contributed by atoms with Gasteiger partial charge in [-0.25, -0.2) is 0 Å². The van der Waals surface area contributed by atoms with E-state index in [1.807, 2.05) is 25.1 Å². The van der Waals surface area contributed by atoms with E-state index in [1.54, 1.807) is 7.11 Å². The third kappa shape index (κ3) is 4.21. The second-order valence-electron chi connectivity index (χ2n) is 4.33. The third-order valence-corrected chi connectivity index (χ3v) is 3.12. The lowest BCUT2D eigenvalue weighted by Gasteiger charge is -2.21. The van der Waals surface area contributed by atoms with Crippen molar-refractivity contribution in [2.75, 3.05) is 20.2 Å². The number of nitrogens with zero attached hydrogens (tertiary/aromatic N) is 2. The highest BCUT2D eigenvalue weighted by Crippen LogP contribution is 2.25. The molecule has 0 heterocycles. The monoisotopic (exact) mass is 266 g/mol. The van der Waals surface area contributed by atoms with Crippen LogP contribution in [0.15, 0.2) is 18.2 Å². The Hall–Kier alpha value is -1.24. The Morgan fingerprint density at radius 3 is 2.72 bits per heavy atom. The Labute approximate surface area is 114 Å². The van der Waals surface area contributed by atoms with E-state index in [4.69, 9.17) is 21.6 Å². The lowest BCUT2D eigenvalue weighted by Crippen LogP contribution is -2.27. The van der Waals surface area contributed by atoms with Gasteiger partial charge in [-0.1, -0.05) is 24.6 Å². The van der Waals surface area contributed by atoms with Crippen molar-refractivity contribution in [1.82, 2.24) is 4.90 Å². The van der Waals surface area contributed by atoms with Crippen LogP contribution in [-0.4, -0.2) is 25.1 Å². The molecule has 1 rings (SSSR count). The highest BCUT2D eigenvalue weighted by atomic mass is 35.5. The molecule has 18 heavy (non-hydrogen) atoms. The van der Waals surface area contributed by atoms with Crippen LogP contribution in [-0.2, 0) is 6.54 Å². The van der Waals surface area contributed by atoms with E-state index < -0.39 is 0 Å². The zero-order chi connectivity index (χ0) is 13.5. The molecule has 0 unspecified atom stereocenters. The third-order valence-electron chi connectivity index (χ3n) is 2.82. The van der Waals surface area contributed by atoms with Gasteiger partial charge < -0.3 is 4.74 Å². The summed E-state index contributed by atoms with van der Waals surface area (Å²) in [6.07, 6.45) is 0. The summed E-state index contributed by atoms with van der Waals surface area (Å²) in [6, 6.07) is 8.05. The molecule has 4 heteroatoms. The number of nitriles is 1. The van der Waals surface area contributed by atoms with E-state index in [0.29, 0.717) is 10.8 Å². The lowest BCUT2D eigenvalue weighted by atomic mass is 10.1. The Bertz CT molecular complexity index is 428. The van der Waals surface area contributed by atoms with Crippen molar-refractivity contribution >= 4 is 11.6 Å². The first-order chi connectivity index (χ1) is 8.60. The van der Waals surface area contributed by atoms with Gasteiger partial charge in [0.1, 0.15) is 5.75 Å². The molecule has 0 spiro atoms. The normalized spacial score (nSPS) is 12.2. The van der Waals surface area contributed by atoms with Gasteiger partial charge in [-0.15, -0.1) is 0 Å². The second-order valence-corrected chi connectivity index (χ2v) is 4.73. The molecule has 98 valence electrons. The molecule has 1 atom stereocenters. The number of hydrogen-bond acceptors (Lipinski definition) is 3. The van der Waals surface area contributed by atoms with Gasteiger partial charge in [0.15, 0.2) is 0 Å². The number of methoxy groups -OCH3 is 1. The zero-order valence-electron chi connectivity index (χ0n) is 11.1. The zero-order valence-corrected chi connectivity index (χ0v) is 11.9. The van der Waals surface area contributed by atoms with Crippen molar-refractivity contribution in [3.63, 3.8) is 0 Å². The summed E-state index contributed by atoms with van der Waals surface area (Å²) in [5.41, 5.74) is 1.13. The summed E-state index contributed by atoms with van der Waals surface area (Å²) in [6.45, 7) is 6.51. The van der Waals surface area contributed by atoms with E-state index in [0.717, 1.165) is 25.2 Å². The fourth-order valence-corrected chi connectivity index (χ4v) is 2.08. The van der Waals surface area contributed by atoms with Crippen LogP contribution in [0.4, 0.5) is 0 Å². The molecule has 0 bridgehead atoms. The largest absolute Gasteiger partial charge is 0.495 e. The standard InChI is InChI=1S/C14H19ClN2O/c1-4-17(9-11(2)8-16)10-12-5-6-14(18-3)13(15)7-12/h5-7,11H,4,9-10H2,1-3H3/t11-/m0/s1. The van der Waals surface area contributed by atoms with Crippen LogP contribution in [0.3, 0.4) is 0 Å². The number of benzene rings is 1. The molecule has 0 aliphatic heterocycles. The van der Waals surface area contributed by atoms with Crippen LogP contribution in [0.25, 0.3) is 0 Å². The number of rotatable bonds is 6. The maximum atomic E-state index is 8.84. The summed E-state index contributed by atoms with van der Waals surface area (Å²) in [4.78, 5) is 2.23. The Kier molecular flexibility index (Phi) is 5.97. The van der Waals surface area contributed by atoms with Gasteiger partial charge in [0.05, 0.1) is 24.1 Å². The highest BCUT2D eigenvalue weighted by Gasteiger charge is 2.10. The SMILES string of the molecule is CCN(Cc1ccc(OC)c(Cl)c1)C[C@@H](C)C#N. The summed E-state index contributed by atoms with van der Waals surface area (Å²) in [7, 11) is 1.60. The average molecular weight is 267 g/mol. The molecule has 0 N–H and O–H groups in total. The molecule has 0 aliphatic rings. The summed E-state index contributed by atoms with van der Waals surface area (Å²) >= 11 is 6.09. The minimum absolute atomic E-state index is 0.0404. The van der Waals surface area contributed by atoms with E-state index in [1.165, 1.54) is 0 Å². The summed E-state index contributed by atoms with van der Waals surface area (Å²) < 4.78 is 5.12. The van der Waals surface area contributed by atoms with Gasteiger partial charge in [-0.2, -0.15) is 5.26 Å². The average Bonchev–Trinajstić information content (AvgIpc) is 2.38. The van der Waals surface area contributed by atoms with Crippen LogP contribution in [0.2, 0.25) is 5.02 Å². The molecule has 1 aromatic rings. The van der Waals surface area contributed by atoms with Gasteiger partial charge in [-0.05, 0) is 31.2 Å². The minimum atomic E-state index is 0.0404. The van der Waals surface area contributed by atoms with Crippen LogP contribution in [0.5, 0.6) is 5.75 Å². The van der Waals surface area contributed by atoms with Crippen molar-refractivity contribution in [2.45, 2.75) is 20.4 Å². The van der Waals surface area contributed by atoms with Crippen molar-refractivity contribution < 1.29 is 4.74 Å². The number of ether oxygens (including phenoxy) is 1. The Balaban J connectivity index is 2.70. The second kappa shape index (κ2) is 7.25. The summed E-state index contributed by atoms with van der Waals surface area (Å²) in [5.74, 6) is 0.729. The van der Waals surface area contributed by atoms with Crippen LogP contribution in [0.1, 0.15) is 19.4 Å². The fourth-order valence-electron chi connectivity index (χ4n) is 1.80. The molecule has 0 aromatic heterocycles. The molecule has 0 amide bonds. The van der Waals surface area contributed by atoms with Crippen LogP contribution in [0, 0.1) is 17.2 Å². The van der Waals surface area contributed by atoms with E-state index in [-0.39, 0.29) is 5.92 Å². The van der Waals surface area contributed by atoms with E-state index in [9.17, 15) is 0 Å². The Morgan fingerprint density at radius 2 is 2.22 bits per heavy atom. The first-order valence-electron chi connectivity index (χ1n) is 6.05. The van der Waals surface area contributed by atoms with Gasteiger partial charge in [0.25, 0.3) is 0 Å². The van der Waals surface area contributed by atoms with Crippen molar-refractivity contribution in [2.24, 2.45) is 5.92 Å². The van der Waals surface area contributed by atoms with Crippen molar-refractivity contribution in [3.8, 4) is 11.8 Å². The highest BCUT2D eigenvalue weighted by molar-refractivity contribution is 6.32. The van der Waals surface area contributed by atoms with Gasteiger partial charge in [0, 0.05) is 13.1 Å². The predicted octanol–water partition coefficient (Wildman–Crippen LogP) is 3.33. The topological polar surface area (TPSA) is 36.3 Å². The maximum Gasteiger partial charge on any atom is 0.137 e. The predicted molar refractivity (Wildman–Crippen MR) is 73.7 cm³/mol. The maximum absolute atomic E-state index is 8.84. The van der Waals surface area contributed by atoms with Crippen molar-refractivity contribution in [1.29, 1.82) is 5.26 Å². The lowest BCUT2D eigenvalue weighted by molar-refractivity contribution is 0.260. The molecular weight excluding hydrogens is 248 g/mol. The molecule has 0 fully saturated rings. The summed E-state index contributed by atoms with van der Waals surface area (Å²) in [5, 5.41) is 9.47. The fraction of sp³-hybridized carbons (Fsp3) is 0.500. The molecule has 0 radical (unpaired) electrons. The van der Waals surface area contributed by atoms with E-state index >= 15 is 0 Å². The van der Waals surface area contributed by atoms with Gasteiger partial charge >= 0.3 is 0 Å². The smallest absolute Gasteiger partial charge is 0.137 e. The van der Waals surface area contributed by atoms with Gasteiger partial charge in [0.2, 0.25) is 0 Å². The number of halogens is 1. The van der Waals surface area contributed by atoms with Crippen molar-refractivity contribution in [3.05, 3.63) is 28.8 Å². The quantitative estimate of drug-likeness (QED) is 0.792. The van der Waals surface area contributed by atoms with Gasteiger partial charge in [-0.3, -0.25) is 4.90 Å².